The lowest BCUT2D eigenvalue weighted by atomic mass is 9.99. The van der Waals surface area contributed by atoms with E-state index in [-0.39, 0.29) is 13.2 Å². The first-order valence-corrected chi connectivity index (χ1v) is 5.95. The minimum absolute atomic E-state index is 0.0760. The van der Waals surface area contributed by atoms with E-state index < -0.39 is 5.54 Å². The third-order valence-corrected chi connectivity index (χ3v) is 3.36. The minimum Gasteiger partial charge on any atom is -0.394 e. The van der Waals surface area contributed by atoms with Crippen molar-refractivity contribution in [1.29, 1.82) is 0 Å². The van der Waals surface area contributed by atoms with Crippen molar-refractivity contribution in [3.05, 3.63) is 34.4 Å². The zero-order valence-electron chi connectivity index (χ0n) is 11.2. The van der Waals surface area contributed by atoms with Gasteiger partial charge >= 0.3 is 0 Å². The van der Waals surface area contributed by atoms with Gasteiger partial charge in [-0.05, 0) is 49.9 Å². The van der Waals surface area contributed by atoms with E-state index in [9.17, 15) is 10.2 Å². The van der Waals surface area contributed by atoms with Crippen LogP contribution in [0.1, 0.15) is 29.2 Å². The molecule has 0 unspecified atom stereocenters. The minimum atomic E-state index is -0.620. The van der Waals surface area contributed by atoms with Crippen LogP contribution in [0.4, 0.5) is 0 Å². The van der Waals surface area contributed by atoms with Crippen molar-refractivity contribution in [3.8, 4) is 0 Å². The van der Waals surface area contributed by atoms with Gasteiger partial charge in [-0.25, -0.2) is 0 Å². The molecule has 0 heterocycles. The summed E-state index contributed by atoms with van der Waals surface area (Å²) in [6.07, 6.45) is 0. The summed E-state index contributed by atoms with van der Waals surface area (Å²) in [6, 6.07) is 4.33. The van der Waals surface area contributed by atoms with Gasteiger partial charge in [-0.1, -0.05) is 12.1 Å². The average Bonchev–Trinajstić information content (AvgIpc) is 2.32. The monoisotopic (exact) mass is 237 g/mol. The SMILES string of the molecule is Cc1cc(C)c(CNC(C)(CO)CO)cc1C. The first-order chi connectivity index (χ1) is 7.91. The fourth-order valence-corrected chi connectivity index (χ4v) is 1.68. The summed E-state index contributed by atoms with van der Waals surface area (Å²) in [5.41, 5.74) is 4.38. The Balaban J connectivity index is 2.79. The highest BCUT2D eigenvalue weighted by Gasteiger charge is 2.21. The Morgan fingerprint density at radius 1 is 1.00 bits per heavy atom. The molecule has 0 amide bonds. The molecule has 17 heavy (non-hydrogen) atoms. The summed E-state index contributed by atoms with van der Waals surface area (Å²) >= 11 is 0. The predicted molar refractivity (Wildman–Crippen MR) is 70.1 cm³/mol. The third-order valence-electron chi connectivity index (χ3n) is 3.36. The van der Waals surface area contributed by atoms with Crippen molar-refractivity contribution in [2.24, 2.45) is 0 Å². The molecule has 0 saturated carbocycles. The number of rotatable bonds is 5. The molecule has 1 aromatic rings. The fourth-order valence-electron chi connectivity index (χ4n) is 1.68. The van der Waals surface area contributed by atoms with E-state index in [0.29, 0.717) is 6.54 Å². The smallest absolute Gasteiger partial charge is 0.0633 e. The highest BCUT2D eigenvalue weighted by molar-refractivity contribution is 5.36. The van der Waals surface area contributed by atoms with E-state index in [0.717, 1.165) is 0 Å². The Morgan fingerprint density at radius 2 is 1.53 bits per heavy atom. The third kappa shape index (κ3) is 3.53. The number of nitrogens with one attached hydrogen (secondary N) is 1. The second-order valence-corrected chi connectivity index (χ2v) is 5.09. The van der Waals surface area contributed by atoms with Crippen LogP contribution in [-0.2, 0) is 6.54 Å². The highest BCUT2D eigenvalue weighted by atomic mass is 16.3. The lowest BCUT2D eigenvalue weighted by molar-refractivity contribution is 0.103. The number of aryl methyl sites for hydroxylation is 3. The second kappa shape index (κ2) is 5.63. The molecule has 0 saturated heterocycles. The molecule has 3 N–H and O–H groups in total. The molecule has 1 rings (SSSR count). The van der Waals surface area contributed by atoms with Gasteiger partial charge in [-0.15, -0.1) is 0 Å². The van der Waals surface area contributed by atoms with E-state index in [1.807, 2.05) is 6.92 Å². The number of aliphatic hydroxyl groups excluding tert-OH is 2. The normalized spacial score (nSPS) is 11.9. The van der Waals surface area contributed by atoms with Gasteiger partial charge in [0.15, 0.2) is 0 Å². The molecule has 0 bridgehead atoms. The zero-order valence-corrected chi connectivity index (χ0v) is 11.2. The van der Waals surface area contributed by atoms with Gasteiger partial charge in [-0.2, -0.15) is 0 Å². The van der Waals surface area contributed by atoms with Crippen LogP contribution in [-0.4, -0.2) is 29.0 Å². The molecule has 0 aliphatic heterocycles. The predicted octanol–water partition coefficient (Wildman–Crippen LogP) is 1.44. The molecule has 0 spiro atoms. The summed E-state index contributed by atoms with van der Waals surface area (Å²) in [5.74, 6) is 0. The molecule has 0 radical (unpaired) electrons. The Labute approximate surface area is 103 Å². The van der Waals surface area contributed by atoms with Crippen LogP contribution in [0, 0.1) is 20.8 Å². The molecular formula is C14H23NO2. The first kappa shape index (κ1) is 14.2. The van der Waals surface area contributed by atoms with Crippen LogP contribution >= 0.6 is 0 Å². The molecule has 0 fully saturated rings. The van der Waals surface area contributed by atoms with Gasteiger partial charge in [0.05, 0.1) is 18.8 Å². The van der Waals surface area contributed by atoms with Crippen LogP contribution in [0.3, 0.4) is 0 Å². The maximum absolute atomic E-state index is 9.21. The van der Waals surface area contributed by atoms with Crippen molar-refractivity contribution in [2.45, 2.75) is 39.8 Å². The Hall–Kier alpha value is -0.900. The van der Waals surface area contributed by atoms with Crippen molar-refractivity contribution < 1.29 is 10.2 Å². The van der Waals surface area contributed by atoms with Gasteiger partial charge in [-0.3, -0.25) is 0 Å². The maximum atomic E-state index is 9.21. The van der Waals surface area contributed by atoms with Crippen molar-refractivity contribution in [2.75, 3.05) is 13.2 Å². The maximum Gasteiger partial charge on any atom is 0.0633 e. The largest absolute Gasteiger partial charge is 0.394 e. The van der Waals surface area contributed by atoms with Crippen molar-refractivity contribution in [3.63, 3.8) is 0 Å². The fraction of sp³-hybridized carbons (Fsp3) is 0.571. The van der Waals surface area contributed by atoms with Crippen LogP contribution in [0.5, 0.6) is 0 Å². The van der Waals surface area contributed by atoms with Crippen molar-refractivity contribution in [1.82, 2.24) is 5.32 Å². The Morgan fingerprint density at radius 3 is 2.06 bits per heavy atom. The quantitative estimate of drug-likeness (QED) is 0.726. The molecule has 0 aliphatic carbocycles. The summed E-state index contributed by atoms with van der Waals surface area (Å²) < 4.78 is 0. The topological polar surface area (TPSA) is 52.5 Å². The molecule has 3 heteroatoms. The lowest BCUT2D eigenvalue weighted by Crippen LogP contribution is -2.48. The molecular weight excluding hydrogens is 214 g/mol. The summed E-state index contributed by atoms with van der Waals surface area (Å²) in [4.78, 5) is 0. The molecule has 0 atom stereocenters. The van der Waals surface area contributed by atoms with Crippen molar-refractivity contribution >= 4 is 0 Å². The first-order valence-electron chi connectivity index (χ1n) is 5.95. The van der Waals surface area contributed by atoms with Crippen LogP contribution in [0.25, 0.3) is 0 Å². The van der Waals surface area contributed by atoms with Crippen LogP contribution < -0.4 is 5.32 Å². The number of hydrogen-bond acceptors (Lipinski definition) is 3. The van der Waals surface area contributed by atoms with E-state index in [4.69, 9.17) is 0 Å². The average molecular weight is 237 g/mol. The zero-order chi connectivity index (χ0) is 13.1. The molecule has 1 aromatic carbocycles. The standard InChI is InChI=1S/C14H23NO2/c1-10-5-12(3)13(6-11(10)2)7-15-14(4,8-16)9-17/h5-6,15-17H,7-9H2,1-4H3. The Bertz CT molecular complexity index is 384. The molecule has 0 aliphatic rings. The van der Waals surface area contributed by atoms with Gasteiger partial charge in [0, 0.05) is 6.54 Å². The number of aliphatic hydroxyl groups is 2. The number of hydrogen-bond donors (Lipinski definition) is 3. The van der Waals surface area contributed by atoms with E-state index in [2.05, 4.69) is 38.2 Å². The van der Waals surface area contributed by atoms with Gasteiger partial charge in [0.1, 0.15) is 0 Å². The van der Waals surface area contributed by atoms with Crippen LogP contribution in [0.15, 0.2) is 12.1 Å². The number of benzene rings is 1. The van der Waals surface area contributed by atoms with E-state index in [1.54, 1.807) is 0 Å². The summed E-state index contributed by atoms with van der Waals surface area (Å²) in [5, 5.41) is 21.6. The highest BCUT2D eigenvalue weighted by Crippen LogP contribution is 2.16. The molecule has 96 valence electrons. The van der Waals surface area contributed by atoms with Crippen LogP contribution in [0.2, 0.25) is 0 Å². The van der Waals surface area contributed by atoms with Gasteiger partial charge in [0.25, 0.3) is 0 Å². The Kier molecular flexibility index (Phi) is 4.69. The van der Waals surface area contributed by atoms with E-state index in [1.165, 1.54) is 22.3 Å². The molecule has 3 nitrogen and oxygen atoms in total. The second-order valence-electron chi connectivity index (χ2n) is 5.09. The van der Waals surface area contributed by atoms with E-state index >= 15 is 0 Å². The summed E-state index contributed by atoms with van der Waals surface area (Å²) in [6.45, 7) is 8.59. The molecule has 0 aromatic heterocycles. The van der Waals surface area contributed by atoms with Gasteiger partial charge < -0.3 is 15.5 Å². The summed E-state index contributed by atoms with van der Waals surface area (Å²) in [7, 11) is 0. The van der Waals surface area contributed by atoms with Gasteiger partial charge in [0.2, 0.25) is 0 Å². The lowest BCUT2D eigenvalue weighted by Gasteiger charge is -2.27.